The number of hydrogen-bond donors (Lipinski definition) is 3. The highest BCUT2D eigenvalue weighted by molar-refractivity contribution is 7.47. The molecule has 598 valence electrons. The van der Waals surface area contributed by atoms with Gasteiger partial charge in [0.15, 0.2) is 12.2 Å². The van der Waals surface area contributed by atoms with E-state index in [-0.39, 0.29) is 25.7 Å². The summed E-state index contributed by atoms with van der Waals surface area (Å²) in [5.41, 5.74) is 0. The zero-order valence-electron chi connectivity index (χ0n) is 65.3. The van der Waals surface area contributed by atoms with Gasteiger partial charge in [-0.15, -0.1) is 0 Å². The number of esters is 4. The second-order valence-electron chi connectivity index (χ2n) is 25.5. The zero-order chi connectivity index (χ0) is 77.4. The average molecular weight is 1520 g/mol. The SMILES string of the molecule is CC/C=C\C/C=C\C/C=C\C/C=C\C/C=C\C/C=C\CCC(=O)OCC(COP(=O)(O)OCC(O)COP(=O)(O)OCC(COC(=O)CCCCCC/C=C\C/C=C\C/C=C\C/C=C\CC)OC(=O)CCCCCCC/C=C\CCCCCC)OC(=O)CCC/C=C\C/C=C\C/C=C\C/C=C\C/C=C\CC. The third-order valence-electron chi connectivity index (χ3n) is 15.5. The van der Waals surface area contributed by atoms with Gasteiger partial charge in [0.25, 0.3) is 0 Å². The minimum absolute atomic E-state index is 0.00793. The second kappa shape index (κ2) is 77.1. The molecule has 3 N–H and O–H groups in total. The first kappa shape index (κ1) is 99.9. The number of rotatable bonds is 72. The molecule has 17 nitrogen and oxygen atoms in total. The molecule has 19 heteroatoms. The van der Waals surface area contributed by atoms with E-state index in [4.69, 9.17) is 37.0 Å². The van der Waals surface area contributed by atoms with Crippen molar-refractivity contribution in [3.05, 3.63) is 194 Å². The van der Waals surface area contributed by atoms with Crippen molar-refractivity contribution in [1.82, 2.24) is 0 Å². The summed E-state index contributed by atoms with van der Waals surface area (Å²) in [5.74, 6) is -2.40. The van der Waals surface area contributed by atoms with E-state index in [2.05, 4.69) is 192 Å². The fourth-order valence-corrected chi connectivity index (χ4v) is 11.2. The Bertz CT molecular complexity index is 2780. The van der Waals surface area contributed by atoms with Crippen molar-refractivity contribution in [1.29, 1.82) is 0 Å². The van der Waals surface area contributed by atoms with Gasteiger partial charge in [-0.1, -0.05) is 273 Å². The molecule has 0 spiro atoms. The number of aliphatic hydroxyl groups is 1. The maximum atomic E-state index is 13.1. The molecule has 0 saturated heterocycles. The molecule has 5 unspecified atom stereocenters. The summed E-state index contributed by atoms with van der Waals surface area (Å²) in [4.78, 5) is 73.0. The molecule has 5 atom stereocenters. The Morgan fingerprint density at radius 2 is 0.519 bits per heavy atom. The summed E-state index contributed by atoms with van der Waals surface area (Å²) >= 11 is 0. The van der Waals surface area contributed by atoms with Crippen LogP contribution in [0.3, 0.4) is 0 Å². The van der Waals surface area contributed by atoms with Crippen LogP contribution in [0.2, 0.25) is 0 Å². The lowest BCUT2D eigenvalue weighted by Gasteiger charge is -2.21. The molecule has 0 saturated carbocycles. The largest absolute Gasteiger partial charge is 0.472 e. The van der Waals surface area contributed by atoms with Crippen LogP contribution >= 0.6 is 15.6 Å². The quantitative estimate of drug-likeness (QED) is 0.0169. The maximum Gasteiger partial charge on any atom is 0.472 e. The summed E-state index contributed by atoms with van der Waals surface area (Å²) in [6, 6.07) is 0. The standard InChI is InChI=1S/C87H138O17P2/c1-5-9-13-17-21-25-29-33-36-39-40-43-45-49-52-56-60-64-68-72-85(90)98-78-83(104-87(92)74-70-66-62-58-54-50-46-42-38-35-31-27-23-19-15-11-7-3)80-102-106(95,96)100-76-81(88)75-99-105(93,94)101-79-82(103-86(91)73-69-65-61-57-53-47-32-28-24-20-16-12-8-4)77-97-84(89)71-67-63-59-55-51-48-44-41-37-34-30-26-22-18-14-10-6-2/h9-11,13-15,21-23,25-28,32-38,40,43-44,46,48-50,52,58,60,62,64,81-83,88H,5-8,12,16-20,24,29-31,39,41-42,45,47,51,53-57,59,61,63,65-80H2,1-4H3,(H,93,94)(H,95,96)/b13-9-,14-10-,15-11-,25-21-,26-22-,27-23-,32-28-,36-33-,37-34-,38-35-,43-40-,48-44-,50-46-,52-49-,62-58-,64-60-. The first-order chi connectivity index (χ1) is 51.7. The molecule has 0 aromatic carbocycles. The summed E-state index contributed by atoms with van der Waals surface area (Å²) in [6.07, 6.45) is 94.4. The van der Waals surface area contributed by atoms with Gasteiger partial charge in [0.05, 0.1) is 26.4 Å². The van der Waals surface area contributed by atoms with E-state index in [0.717, 1.165) is 154 Å². The number of phosphoric ester groups is 2. The van der Waals surface area contributed by atoms with Crippen molar-refractivity contribution < 1.29 is 80.2 Å². The van der Waals surface area contributed by atoms with Crippen LogP contribution in [-0.2, 0) is 65.4 Å². The lowest BCUT2D eigenvalue weighted by molar-refractivity contribution is -0.161. The van der Waals surface area contributed by atoms with Gasteiger partial charge in [0, 0.05) is 25.7 Å². The van der Waals surface area contributed by atoms with Crippen molar-refractivity contribution in [2.45, 2.75) is 290 Å². The molecule has 0 aliphatic carbocycles. The van der Waals surface area contributed by atoms with Crippen LogP contribution in [-0.4, -0.2) is 96.7 Å². The van der Waals surface area contributed by atoms with E-state index in [1.165, 1.54) is 25.7 Å². The number of allylic oxidation sites excluding steroid dienone is 32. The van der Waals surface area contributed by atoms with Gasteiger partial charge in [0.1, 0.15) is 19.3 Å². The highest BCUT2D eigenvalue weighted by Gasteiger charge is 2.30. The molecule has 0 bridgehead atoms. The van der Waals surface area contributed by atoms with Gasteiger partial charge >= 0.3 is 39.5 Å². The molecule has 0 radical (unpaired) electrons. The molecule has 0 aromatic rings. The Balaban J connectivity index is 5.53. The van der Waals surface area contributed by atoms with Gasteiger partial charge < -0.3 is 33.8 Å². The smallest absolute Gasteiger partial charge is 0.462 e. The van der Waals surface area contributed by atoms with Gasteiger partial charge in [-0.3, -0.25) is 37.3 Å². The van der Waals surface area contributed by atoms with Gasteiger partial charge in [-0.2, -0.15) is 0 Å². The minimum Gasteiger partial charge on any atom is -0.462 e. The monoisotopic (exact) mass is 1520 g/mol. The Morgan fingerprint density at radius 3 is 0.858 bits per heavy atom. The predicted molar refractivity (Wildman–Crippen MR) is 436 cm³/mol. The molecule has 0 aliphatic heterocycles. The average Bonchev–Trinajstić information content (AvgIpc) is 0.907. The van der Waals surface area contributed by atoms with Crippen molar-refractivity contribution in [2.24, 2.45) is 0 Å². The van der Waals surface area contributed by atoms with E-state index in [1.807, 2.05) is 30.4 Å². The van der Waals surface area contributed by atoms with E-state index >= 15 is 0 Å². The van der Waals surface area contributed by atoms with Crippen LogP contribution < -0.4 is 0 Å². The lowest BCUT2D eigenvalue weighted by Crippen LogP contribution is -2.30. The van der Waals surface area contributed by atoms with E-state index in [0.29, 0.717) is 38.5 Å². The third kappa shape index (κ3) is 76.1. The van der Waals surface area contributed by atoms with Gasteiger partial charge in [0.2, 0.25) is 0 Å². The number of hydrogen-bond acceptors (Lipinski definition) is 15. The maximum absolute atomic E-state index is 13.1. The highest BCUT2D eigenvalue weighted by Crippen LogP contribution is 2.45. The summed E-state index contributed by atoms with van der Waals surface area (Å²) in [7, 11) is -10.0. The topological polar surface area (TPSA) is 237 Å². The number of aliphatic hydroxyl groups excluding tert-OH is 1. The van der Waals surface area contributed by atoms with E-state index < -0.39 is 97.5 Å². The number of ether oxygens (including phenoxy) is 4. The van der Waals surface area contributed by atoms with Crippen molar-refractivity contribution in [2.75, 3.05) is 39.6 Å². The van der Waals surface area contributed by atoms with Crippen LogP contribution in [0, 0.1) is 0 Å². The number of phosphoric acid groups is 2. The van der Waals surface area contributed by atoms with E-state index in [9.17, 15) is 43.2 Å². The van der Waals surface area contributed by atoms with Crippen molar-refractivity contribution in [3.63, 3.8) is 0 Å². The van der Waals surface area contributed by atoms with Gasteiger partial charge in [-0.05, 0) is 167 Å². The first-order valence-electron chi connectivity index (χ1n) is 39.7. The molecule has 0 rings (SSSR count). The van der Waals surface area contributed by atoms with E-state index in [1.54, 1.807) is 0 Å². The Labute approximate surface area is 640 Å². The molecule has 0 aliphatic rings. The van der Waals surface area contributed by atoms with Crippen LogP contribution in [0.1, 0.15) is 272 Å². The number of carbonyl (C=O) groups is 4. The molecular formula is C87H138O17P2. The Morgan fingerprint density at radius 1 is 0.274 bits per heavy atom. The molecule has 0 amide bonds. The lowest BCUT2D eigenvalue weighted by atomic mass is 10.1. The summed E-state index contributed by atoms with van der Waals surface area (Å²) in [5, 5.41) is 10.6. The first-order valence-corrected chi connectivity index (χ1v) is 42.7. The molecule has 0 aromatic heterocycles. The molecular weight excluding hydrogens is 1380 g/mol. The molecule has 0 fully saturated rings. The molecule has 106 heavy (non-hydrogen) atoms. The fraction of sp³-hybridized carbons (Fsp3) is 0.586. The number of carbonyl (C=O) groups excluding carboxylic acids is 4. The summed E-state index contributed by atoms with van der Waals surface area (Å²) < 4.78 is 68.4. The van der Waals surface area contributed by atoms with Gasteiger partial charge in [-0.25, -0.2) is 9.13 Å². The van der Waals surface area contributed by atoms with Crippen LogP contribution in [0.4, 0.5) is 0 Å². The van der Waals surface area contributed by atoms with Crippen LogP contribution in [0.15, 0.2) is 194 Å². The van der Waals surface area contributed by atoms with Crippen LogP contribution in [0.25, 0.3) is 0 Å². The zero-order valence-corrected chi connectivity index (χ0v) is 67.1. The normalized spacial score (nSPS) is 14.9. The predicted octanol–water partition coefficient (Wildman–Crippen LogP) is 23.3. The highest BCUT2D eigenvalue weighted by atomic mass is 31.2. The van der Waals surface area contributed by atoms with Crippen molar-refractivity contribution in [3.8, 4) is 0 Å². The van der Waals surface area contributed by atoms with Crippen molar-refractivity contribution >= 4 is 39.5 Å². The Hall–Kier alpha value is -6.10. The summed E-state index contributed by atoms with van der Waals surface area (Å²) in [6.45, 7) is 4.30. The number of unbranched alkanes of at least 4 members (excludes halogenated alkanes) is 14. The molecule has 0 heterocycles. The Kier molecular flexibility index (Phi) is 72.6. The van der Waals surface area contributed by atoms with Crippen LogP contribution in [0.5, 0.6) is 0 Å². The second-order valence-corrected chi connectivity index (χ2v) is 28.4. The fourth-order valence-electron chi connectivity index (χ4n) is 9.62. The third-order valence-corrected chi connectivity index (χ3v) is 17.4. The minimum atomic E-state index is -5.02.